The van der Waals surface area contributed by atoms with Crippen molar-refractivity contribution in [3.8, 4) is 6.07 Å². The van der Waals surface area contributed by atoms with Crippen molar-refractivity contribution in [3.05, 3.63) is 33.3 Å². The van der Waals surface area contributed by atoms with Gasteiger partial charge < -0.3 is 15.5 Å². The molecule has 0 fully saturated rings. The topological polar surface area (TPSA) is 144 Å². The molecule has 0 saturated heterocycles. The minimum Gasteiger partial charge on any atom is -0.444 e. The monoisotopic (exact) mass is 274 g/mol. The summed E-state index contributed by atoms with van der Waals surface area (Å²) in [5.41, 5.74) is 5.89. The number of nitrogen functional groups attached to an aromatic ring is 1. The summed E-state index contributed by atoms with van der Waals surface area (Å²) in [6.45, 7) is 3.40. The van der Waals surface area contributed by atoms with Crippen molar-refractivity contribution in [3.63, 3.8) is 0 Å². The molecule has 0 atom stereocenters. The zero-order valence-electron chi connectivity index (χ0n) is 10.7. The number of hydrogen-bond acceptors (Lipinski definition) is 8. The standard InChI is InChI=1S/C11H10N6O3/c1-5-6(2)20-11(7(5)3-12)16-10-8(17(18)19)9(13)14-4-15-10/h4H,1-2H3,(H3,13,14,15,16). The van der Waals surface area contributed by atoms with E-state index in [0.717, 1.165) is 6.33 Å². The number of hydrogen-bond donors (Lipinski definition) is 2. The van der Waals surface area contributed by atoms with Crippen LogP contribution in [0, 0.1) is 35.3 Å². The number of nitrogens with one attached hydrogen (secondary N) is 1. The zero-order valence-corrected chi connectivity index (χ0v) is 10.7. The largest absolute Gasteiger partial charge is 0.444 e. The van der Waals surface area contributed by atoms with Crippen molar-refractivity contribution in [2.24, 2.45) is 0 Å². The highest BCUT2D eigenvalue weighted by atomic mass is 16.6. The van der Waals surface area contributed by atoms with Crippen molar-refractivity contribution in [1.82, 2.24) is 9.97 Å². The summed E-state index contributed by atoms with van der Waals surface area (Å²) in [4.78, 5) is 17.6. The summed E-state index contributed by atoms with van der Waals surface area (Å²) in [6.07, 6.45) is 1.08. The third-order valence-corrected chi connectivity index (χ3v) is 2.76. The van der Waals surface area contributed by atoms with E-state index in [4.69, 9.17) is 15.4 Å². The Labute approximate surface area is 113 Å². The van der Waals surface area contributed by atoms with Gasteiger partial charge in [0.15, 0.2) is 0 Å². The van der Waals surface area contributed by atoms with Gasteiger partial charge in [-0.05, 0) is 13.8 Å². The number of furan rings is 1. The van der Waals surface area contributed by atoms with Gasteiger partial charge >= 0.3 is 5.69 Å². The van der Waals surface area contributed by atoms with E-state index in [9.17, 15) is 10.1 Å². The average molecular weight is 274 g/mol. The minimum absolute atomic E-state index is 0.0868. The van der Waals surface area contributed by atoms with Crippen molar-refractivity contribution in [2.45, 2.75) is 13.8 Å². The Morgan fingerprint density at radius 3 is 2.80 bits per heavy atom. The highest BCUT2D eigenvalue weighted by Gasteiger charge is 2.24. The van der Waals surface area contributed by atoms with Crippen LogP contribution < -0.4 is 11.1 Å². The second-order valence-corrected chi connectivity index (χ2v) is 3.94. The number of nitrogens with zero attached hydrogens (tertiary/aromatic N) is 4. The van der Waals surface area contributed by atoms with Crippen molar-refractivity contribution >= 4 is 23.2 Å². The number of nitro groups is 1. The molecule has 0 aliphatic carbocycles. The lowest BCUT2D eigenvalue weighted by Gasteiger charge is -2.04. The Balaban J connectivity index is 2.52. The first kappa shape index (κ1) is 13.3. The molecule has 0 saturated carbocycles. The molecule has 2 aromatic heterocycles. The summed E-state index contributed by atoms with van der Waals surface area (Å²) < 4.78 is 5.36. The lowest BCUT2D eigenvalue weighted by atomic mass is 10.2. The summed E-state index contributed by atoms with van der Waals surface area (Å²) in [5, 5.41) is 22.7. The Hall–Kier alpha value is -3.15. The fourth-order valence-corrected chi connectivity index (χ4v) is 1.62. The molecule has 0 unspecified atom stereocenters. The molecule has 0 aliphatic rings. The first-order valence-electron chi connectivity index (χ1n) is 5.47. The molecular formula is C11H10N6O3. The Morgan fingerprint density at radius 2 is 2.20 bits per heavy atom. The highest BCUT2D eigenvalue weighted by Crippen LogP contribution is 2.32. The number of nitriles is 1. The smallest absolute Gasteiger partial charge is 0.353 e. The predicted octanol–water partition coefficient (Wildman–Crippen LogP) is 1.79. The van der Waals surface area contributed by atoms with Crippen LogP contribution in [0.1, 0.15) is 16.9 Å². The molecule has 0 spiro atoms. The molecule has 0 aromatic carbocycles. The van der Waals surface area contributed by atoms with E-state index in [1.165, 1.54) is 0 Å². The summed E-state index contributed by atoms with van der Waals surface area (Å²) in [5.74, 6) is 0.219. The van der Waals surface area contributed by atoms with Crippen LogP contribution in [0.2, 0.25) is 0 Å². The van der Waals surface area contributed by atoms with Crippen molar-refractivity contribution in [2.75, 3.05) is 11.1 Å². The SMILES string of the molecule is Cc1oc(Nc2ncnc(N)c2[N+](=O)[O-])c(C#N)c1C. The van der Waals surface area contributed by atoms with E-state index in [0.29, 0.717) is 11.3 Å². The van der Waals surface area contributed by atoms with Crippen molar-refractivity contribution in [1.29, 1.82) is 5.26 Å². The summed E-state index contributed by atoms with van der Waals surface area (Å²) >= 11 is 0. The van der Waals surface area contributed by atoms with Crippen LogP contribution in [0.3, 0.4) is 0 Å². The van der Waals surface area contributed by atoms with Crippen LogP contribution in [-0.4, -0.2) is 14.9 Å². The lowest BCUT2D eigenvalue weighted by Crippen LogP contribution is -2.05. The fourth-order valence-electron chi connectivity index (χ4n) is 1.62. The van der Waals surface area contributed by atoms with Gasteiger partial charge in [-0.1, -0.05) is 0 Å². The van der Waals surface area contributed by atoms with E-state index >= 15 is 0 Å². The molecule has 20 heavy (non-hydrogen) atoms. The van der Waals surface area contributed by atoms with E-state index in [-0.39, 0.29) is 23.1 Å². The fraction of sp³-hybridized carbons (Fsp3) is 0.182. The Morgan fingerprint density at radius 1 is 1.50 bits per heavy atom. The number of aryl methyl sites for hydroxylation is 1. The summed E-state index contributed by atoms with van der Waals surface area (Å²) in [7, 11) is 0. The number of aromatic nitrogens is 2. The molecule has 2 heterocycles. The third-order valence-electron chi connectivity index (χ3n) is 2.76. The molecule has 2 rings (SSSR count). The normalized spacial score (nSPS) is 10.1. The maximum atomic E-state index is 11.0. The van der Waals surface area contributed by atoms with E-state index < -0.39 is 10.6 Å². The highest BCUT2D eigenvalue weighted by molar-refractivity contribution is 5.73. The lowest BCUT2D eigenvalue weighted by molar-refractivity contribution is -0.383. The van der Waals surface area contributed by atoms with Gasteiger partial charge in [0.25, 0.3) is 0 Å². The molecule has 0 bridgehead atoms. The van der Waals surface area contributed by atoms with E-state index in [2.05, 4.69) is 15.3 Å². The summed E-state index contributed by atoms with van der Waals surface area (Å²) in [6, 6.07) is 1.97. The van der Waals surface area contributed by atoms with Gasteiger partial charge in [0, 0.05) is 5.56 Å². The van der Waals surface area contributed by atoms with Crippen LogP contribution in [-0.2, 0) is 0 Å². The molecule has 2 aromatic rings. The third kappa shape index (κ3) is 2.10. The van der Waals surface area contributed by atoms with E-state index in [1.54, 1.807) is 13.8 Å². The molecule has 0 aliphatic heterocycles. The number of rotatable bonds is 3. The van der Waals surface area contributed by atoms with Gasteiger partial charge in [0.2, 0.25) is 17.5 Å². The van der Waals surface area contributed by atoms with Crippen LogP contribution >= 0.6 is 0 Å². The molecule has 0 amide bonds. The maximum Gasteiger partial charge on any atom is 0.353 e. The van der Waals surface area contributed by atoms with Crippen LogP contribution in [0.5, 0.6) is 0 Å². The number of anilines is 3. The van der Waals surface area contributed by atoms with Crippen LogP contribution in [0.25, 0.3) is 0 Å². The minimum atomic E-state index is -0.702. The molecule has 9 heteroatoms. The van der Waals surface area contributed by atoms with Crippen LogP contribution in [0.15, 0.2) is 10.7 Å². The number of nitrogens with two attached hydrogens (primary N) is 1. The average Bonchev–Trinajstić information content (AvgIpc) is 2.64. The first-order chi connectivity index (χ1) is 9.45. The Bertz CT molecular complexity index is 730. The molecule has 0 radical (unpaired) electrons. The van der Waals surface area contributed by atoms with Gasteiger partial charge in [0.05, 0.1) is 4.92 Å². The first-order valence-corrected chi connectivity index (χ1v) is 5.47. The van der Waals surface area contributed by atoms with Gasteiger partial charge in [-0.3, -0.25) is 10.1 Å². The second-order valence-electron chi connectivity index (χ2n) is 3.94. The Kier molecular flexibility index (Phi) is 3.22. The van der Waals surface area contributed by atoms with Gasteiger partial charge in [-0.2, -0.15) is 5.26 Å². The molecule has 3 N–H and O–H groups in total. The van der Waals surface area contributed by atoms with Gasteiger partial charge in [-0.25, -0.2) is 9.97 Å². The maximum absolute atomic E-state index is 11.0. The molecule has 9 nitrogen and oxygen atoms in total. The van der Waals surface area contributed by atoms with Crippen molar-refractivity contribution < 1.29 is 9.34 Å². The van der Waals surface area contributed by atoms with Gasteiger partial charge in [-0.15, -0.1) is 0 Å². The molecule has 102 valence electrons. The predicted molar refractivity (Wildman–Crippen MR) is 69.3 cm³/mol. The van der Waals surface area contributed by atoms with E-state index in [1.807, 2.05) is 6.07 Å². The quantitative estimate of drug-likeness (QED) is 0.636. The molecular weight excluding hydrogens is 264 g/mol. The zero-order chi connectivity index (χ0) is 14.9. The van der Waals surface area contributed by atoms with Gasteiger partial charge in [0.1, 0.15) is 23.7 Å². The second kappa shape index (κ2) is 4.85. The van der Waals surface area contributed by atoms with Crippen LogP contribution in [0.4, 0.5) is 23.2 Å².